The molecule has 0 aliphatic rings. The van der Waals surface area contributed by atoms with Crippen molar-refractivity contribution in [2.75, 3.05) is 0 Å². The molecule has 0 aromatic carbocycles. The lowest BCUT2D eigenvalue weighted by Crippen LogP contribution is -1.95. The predicted molar refractivity (Wildman–Crippen MR) is 51.6 cm³/mol. The Morgan fingerprint density at radius 1 is 1.60 bits per heavy atom. The zero-order chi connectivity index (χ0) is 11.6. The van der Waals surface area contributed by atoms with Gasteiger partial charge in [0.05, 0.1) is 11.1 Å². The summed E-state index contributed by atoms with van der Waals surface area (Å²) in [5.41, 5.74) is -0.401. The van der Waals surface area contributed by atoms with Crippen LogP contribution in [0, 0.1) is 10.1 Å². The maximum atomic E-state index is 10.7. The van der Waals surface area contributed by atoms with E-state index in [4.69, 9.17) is 21.4 Å². The summed E-state index contributed by atoms with van der Waals surface area (Å²) < 4.78 is 10.7. The van der Waals surface area contributed by atoms with Crippen LogP contribution < -0.4 is 0 Å². The van der Waals surface area contributed by atoms with Crippen molar-refractivity contribution in [1.82, 2.24) is 4.98 Å². The number of hydrogen-bond acceptors (Lipinski definition) is 4. The summed E-state index contributed by atoms with van der Waals surface area (Å²) in [5.74, 6) is 0. The van der Waals surface area contributed by atoms with Crippen molar-refractivity contribution in [2.45, 2.75) is 6.16 Å². The van der Waals surface area contributed by atoms with E-state index in [1.54, 1.807) is 0 Å². The molecule has 2 N–H and O–H groups in total. The van der Waals surface area contributed by atoms with Gasteiger partial charge in [-0.3, -0.25) is 14.7 Å². The van der Waals surface area contributed by atoms with E-state index in [9.17, 15) is 14.7 Å². The second-order valence-corrected chi connectivity index (χ2v) is 4.73. The fraction of sp³-hybridized carbons (Fsp3) is 0.167. The molecule has 82 valence electrons. The van der Waals surface area contributed by atoms with Crippen LogP contribution in [-0.4, -0.2) is 19.7 Å². The van der Waals surface area contributed by atoms with Gasteiger partial charge in [-0.25, -0.2) is 4.98 Å². The molecule has 0 bridgehead atoms. The second kappa shape index (κ2) is 4.24. The van der Waals surface area contributed by atoms with Crippen molar-refractivity contribution in [1.29, 1.82) is 0 Å². The molecule has 0 atom stereocenters. The molecule has 1 heterocycles. The van der Waals surface area contributed by atoms with E-state index in [2.05, 4.69) is 4.98 Å². The highest BCUT2D eigenvalue weighted by Crippen LogP contribution is 2.41. The number of nitro groups is 1. The molecule has 0 aliphatic heterocycles. The Balaban J connectivity index is 3.11. The summed E-state index contributed by atoms with van der Waals surface area (Å²) in [6.45, 7) is 0. The van der Waals surface area contributed by atoms with Crippen molar-refractivity contribution in [3.63, 3.8) is 0 Å². The fourth-order valence-corrected chi connectivity index (χ4v) is 1.86. The molecule has 0 radical (unpaired) electrons. The summed E-state index contributed by atoms with van der Waals surface area (Å²) in [5, 5.41) is 10.2. The van der Waals surface area contributed by atoms with Gasteiger partial charge in [0.2, 0.25) is 0 Å². The number of pyridine rings is 1. The van der Waals surface area contributed by atoms with Gasteiger partial charge in [0.1, 0.15) is 11.3 Å². The van der Waals surface area contributed by atoms with Crippen LogP contribution in [0.25, 0.3) is 0 Å². The SMILES string of the molecule is O=[N+]([O-])c1cnc(Cl)c(CP(=O)(O)O)c1. The van der Waals surface area contributed by atoms with Gasteiger partial charge >= 0.3 is 7.60 Å². The standard InChI is InChI=1S/C6H6ClN2O5P/c7-6-4(3-15(12,13)14)1-5(2-8-6)9(10)11/h1-2H,3H2,(H2,12,13,14). The molecule has 0 amide bonds. The van der Waals surface area contributed by atoms with Crippen LogP contribution in [0.2, 0.25) is 5.15 Å². The first-order chi connectivity index (χ1) is 6.79. The molecule has 0 saturated carbocycles. The Morgan fingerprint density at radius 2 is 2.20 bits per heavy atom. The highest BCUT2D eigenvalue weighted by molar-refractivity contribution is 7.50. The van der Waals surface area contributed by atoms with E-state index in [1.165, 1.54) is 0 Å². The van der Waals surface area contributed by atoms with Gasteiger partial charge in [-0.15, -0.1) is 0 Å². The minimum absolute atomic E-state index is 0.0424. The maximum absolute atomic E-state index is 10.7. The van der Waals surface area contributed by atoms with Crippen LogP contribution in [0.3, 0.4) is 0 Å². The molecular formula is C6H6ClN2O5P. The third kappa shape index (κ3) is 3.56. The van der Waals surface area contributed by atoms with E-state index >= 15 is 0 Å². The lowest BCUT2D eigenvalue weighted by Gasteiger charge is -2.04. The molecule has 0 spiro atoms. The van der Waals surface area contributed by atoms with E-state index in [0.29, 0.717) is 0 Å². The predicted octanol–water partition coefficient (Wildman–Crippen LogP) is 1.32. The number of halogens is 1. The molecule has 7 nitrogen and oxygen atoms in total. The molecule has 0 fully saturated rings. The molecule has 0 unspecified atom stereocenters. The highest BCUT2D eigenvalue weighted by atomic mass is 35.5. The maximum Gasteiger partial charge on any atom is 0.330 e. The summed E-state index contributed by atoms with van der Waals surface area (Å²) in [7, 11) is -4.31. The minimum atomic E-state index is -4.31. The summed E-state index contributed by atoms with van der Waals surface area (Å²) >= 11 is 5.53. The molecule has 1 aromatic rings. The van der Waals surface area contributed by atoms with Gasteiger partial charge in [-0.1, -0.05) is 11.6 Å². The third-order valence-electron chi connectivity index (χ3n) is 1.48. The van der Waals surface area contributed by atoms with Crippen molar-refractivity contribution in [3.8, 4) is 0 Å². The smallest absolute Gasteiger partial charge is 0.324 e. The largest absolute Gasteiger partial charge is 0.330 e. The number of aromatic nitrogens is 1. The molecule has 9 heteroatoms. The zero-order valence-corrected chi connectivity index (χ0v) is 8.85. The fourth-order valence-electron chi connectivity index (χ4n) is 0.914. The minimum Gasteiger partial charge on any atom is -0.324 e. The molecule has 0 aliphatic carbocycles. The Hall–Kier alpha value is -1.01. The van der Waals surface area contributed by atoms with E-state index in [1.807, 2.05) is 0 Å². The van der Waals surface area contributed by atoms with Crippen LogP contribution in [-0.2, 0) is 10.7 Å². The van der Waals surface area contributed by atoms with Gasteiger partial charge < -0.3 is 9.79 Å². The van der Waals surface area contributed by atoms with Crippen LogP contribution in [0.4, 0.5) is 5.69 Å². The number of hydrogen-bond donors (Lipinski definition) is 2. The van der Waals surface area contributed by atoms with Crippen molar-refractivity contribution < 1.29 is 19.3 Å². The van der Waals surface area contributed by atoms with Crippen molar-refractivity contribution >= 4 is 24.9 Å². The van der Waals surface area contributed by atoms with E-state index in [0.717, 1.165) is 12.3 Å². The molecule has 1 rings (SSSR count). The first-order valence-corrected chi connectivity index (χ1v) is 5.80. The summed E-state index contributed by atoms with van der Waals surface area (Å²) in [6.07, 6.45) is 0.256. The van der Waals surface area contributed by atoms with Crippen LogP contribution in [0.15, 0.2) is 12.3 Å². The Kier molecular flexibility index (Phi) is 3.41. The monoisotopic (exact) mass is 252 g/mol. The molecule has 0 saturated heterocycles. The lowest BCUT2D eigenvalue weighted by molar-refractivity contribution is -0.385. The van der Waals surface area contributed by atoms with E-state index in [-0.39, 0.29) is 16.4 Å². The topological polar surface area (TPSA) is 114 Å². The van der Waals surface area contributed by atoms with Crippen LogP contribution >= 0.6 is 19.2 Å². The van der Waals surface area contributed by atoms with Gasteiger partial charge in [0, 0.05) is 11.6 Å². The van der Waals surface area contributed by atoms with Gasteiger partial charge in [0.15, 0.2) is 0 Å². The summed E-state index contributed by atoms with van der Waals surface area (Å²) in [6, 6.07) is 0.994. The van der Waals surface area contributed by atoms with Gasteiger partial charge in [0.25, 0.3) is 5.69 Å². The zero-order valence-electron chi connectivity index (χ0n) is 7.20. The average Bonchev–Trinajstić information content (AvgIpc) is 2.06. The molecule has 15 heavy (non-hydrogen) atoms. The van der Waals surface area contributed by atoms with Crippen molar-refractivity contribution in [3.05, 3.63) is 33.1 Å². The van der Waals surface area contributed by atoms with Gasteiger partial charge in [-0.2, -0.15) is 0 Å². The lowest BCUT2D eigenvalue weighted by atomic mass is 10.3. The third-order valence-corrected chi connectivity index (χ3v) is 2.58. The van der Waals surface area contributed by atoms with Crippen molar-refractivity contribution in [2.24, 2.45) is 0 Å². The molecule has 1 aromatic heterocycles. The normalized spacial score (nSPS) is 11.4. The quantitative estimate of drug-likeness (QED) is 0.363. The highest BCUT2D eigenvalue weighted by Gasteiger charge is 2.19. The molecular weight excluding hydrogens is 247 g/mol. The average molecular weight is 253 g/mol. The van der Waals surface area contributed by atoms with Crippen LogP contribution in [0.1, 0.15) is 5.56 Å². The first kappa shape index (κ1) is 12.1. The number of nitrogens with zero attached hydrogens (tertiary/aromatic N) is 2. The van der Waals surface area contributed by atoms with Crippen LogP contribution in [0.5, 0.6) is 0 Å². The van der Waals surface area contributed by atoms with E-state index < -0.39 is 18.7 Å². The Labute approximate surface area is 89.0 Å². The van der Waals surface area contributed by atoms with Gasteiger partial charge in [-0.05, 0) is 0 Å². The number of rotatable bonds is 3. The summed E-state index contributed by atoms with van der Waals surface area (Å²) in [4.78, 5) is 30.5. The first-order valence-electron chi connectivity index (χ1n) is 3.63. The second-order valence-electron chi connectivity index (χ2n) is 2.72. The Morgan fingerprint density at radius 3 is 2.67 bits per heavy atom. The Bertz CT molecular complexity index is 445.